The lowest BCUT2D eigenvalue weighted by atomic mass is 10.3. The van der Waals surface area contributed by atoms with E-state index in [0.717, 1.165) is 6.04 Å². The van der Waals surface area contributed by atoms with Crippen LogP contribution in [-0.2, 0) is 0 Å². The number of nitrogens with one attached hydrogen (secondary N) is 1. The molecule has 1 unspecified atom stereocenters. The van der Waals surface area contributed by atoms with Gasteiger partial charge in [-0.15, -0.1) is 0 Å². The van der Waals surface area contributed by atoms with Crippen LogP contribution in [0, 0.1) is 0 Å². The van der Waals surface area contributed by atoms with Gasteiger partial charge in [-0.1, -0.05) is 23.9 Å². The summed E-state index contributed by atoms with van der Waals surface area (Å²) in [6.45, 7) is 2.48. The lowest BCUT2D eigenvalue weighted by molar-refractivity contribution is 0.408. The standard InChI is InChI=1S/C6H12N2S2/c1-2-8(10-3-1)6-4-7-9-5-6/h6-7H,1-5H2. The van der Waals surface area contributed by atoms with Crippen LogP contribution in [0.5, 0.6) is 0 Å². The van der Waals surface area contributed by atoms with Gasteiger partial charge in [0.15, 0.2) is 0 Å². The molecule has 0 amide bonds. The van der Waals surface area contributed by atoms with Crippen LogP contribution >= 0.6 is 23.9 Å². The summed E-state index contributed by atoms with van der Waals surface area (Å²) < 4.78 is 5.85. The quantitative estimate of drug-likeness (QED) is 0.598. The fraction of sp³-hybridized carbons (Fsp3) is 1.00. The van der Waals surface area contributed by atoms with Gasteiger partial charge in [-0.2, -0.15) is 0 Å². The predicted octanol–water partition coefficient (Wildman–Crippen LogP) is 0.960. The molecular formula is C6H12N2S2. The summed E-state index contributed by atoms with van der Waals surface area (Å²) in [7, 11) is 0. The summed E-state index contributed by atoms with van der Waals surface area (Å²) in [6, 6.07) is 0.803. The minimum Gasteiger partial charge on any atom is -0.262 e. The van der Waals surface area contributed by atoms with Crippen molar-refractivity contribution in [2.45, 2.75) is 12.5 Å². The Hall–Kier alpha value is 0.620. The van der Waals surface area contributed by atoms with Crippen molar-refractivity contribution >= 4 is 23.9 Å². The van der Waals surface area contributed by atoms with Gasteiger partial charge in [0.2, 0.25) is 0 Å². The Labute approximate surface area is 70.4 Å². The number of nitrogens with zero attached hydrogens (tertiary/aromatic N) is 1. The van der Waals surface area contributed by atoms with Gasteiger partial charge in [-0.25, -0.2) is 4.31 Å². The van der Waals surface area contributed by atoms with Crippen LogP contribution in [0.1, 0.15) is 6.42 Å². The highest BCUT2D eigenvalue weighted by Gasteiger charge is 2.25. The summed E-state index contributed by atoms with van der Waals surface area (Å²) in [5.41, 5.74) is 0. The average Bonchev–Trinajstić information content (AvgIpc) is 2.59. The Balaban J connectivity index is 1.85. The third kappa shape index (κ3) is 1.44. The lowest BCUT2D eigenvalue weighted by Gasteiger charge is -2.19. The smallest absolute Gasteiger partial charge is 0.0439 e. The van der Waals surface area contributed by atoms with Gasteiger partial charge in [0.1, 0.15) is 0 Å². The van der Waals surface area contributed by atoms with Crippen molar-refractivity contribution in [2.24, 2.45) is 0 Å². The van der Waals surface area contributed by atoms with Crippen molar-refractivity contribution < 1.29 is 0 Å². The minimum absolute atomic E-state index is 0.803. The summed E-state index contributed by atoms with van der Waals surface area (Å²) in [6.07, 6.45) is 1.38. The van der Waals surface area contributed by atoms with Crippen molar-refractivity contribution in [1.29, 1.82) is 0 Å². The van der Waals surface area contributed by atoms with Gasteiger partial charge in [0.25, 0.3) is 0 Å². The van der Waals surface area contributed by atoms with E-state index >= 15 is 0 Å². The predicted molar refractivity (Wildman–Crippen MR) is 48.0 cm³/mol. The molecule has 0 aromatic rings. The van der Waals surface area contributed by atoms with Gasteiger partial charge in [0, 0.05) is 30.6 Å². The second-order valence-corrected chi connectivity index (χ2v) is 4.69. The summed E-state index contributed by atoms with van der Waals surface area (Å²) in [4.78, 5) is 0. The summed E-state index contributed by atoms with van der Waals surface area (Å²) in [5, 5.41) is 0. The van der Waals surface area contributed by atoms with E-state index < -0.39 is 0 Å². The molecule has 1 atom stereocenters. The molecule has 2 heterocycles. The molecule has 2 rings (SSSR count). The molecule has 2 nitrogen and oxygen atoms in total. The fourth-order valence-electron chi connectivity index (χ4n) is 1.31. The first-order valence-electron chi connectivity index (χ1n) is 3.71. The zero-order valence-electron chi connectivity index (χ0n) is 5.88. The van der Waals surface area contributed by atoms with E-state index in [4.69, 9.17) is 0 Å². The molecule has 2 aliphatic heterocycles. The average molecular weight is 176 g/mol. The molecule has 0 aromatic carbocycles. The molecule has 4 heteroatoms. The van der Waals surface area contributed by atoms with E-state index in [1.165, 1.54) is 31.0 Å². The zero-order chi connectivity index (χ0) is 6.81. The third-order valence-corrected chi connectivity index (χ3v) is 4.09. The van der Waals surface area contributed by atoms with Gasteiger partial charge in [-0.3, -0.25) is 4.72 Å². The zero-order valence-corrected chi connectivity index (χ0v) is 7.51. The third-order valence-electron chi connectivity index (χ3n) is 1.88. The maximum atomic E-state index is 3.31. The molecular weight excluding hydrogens is 164 g/mol. The van der Waals surface area contributed by atoms with E-state index in [2.05, 4.69) is 9.03 Å². The highest BCUT2D eigenvalue weighted by Crippen LogP contribution is 2.26. The van der Waals surface area contributed by atoms with Crippen LogP contribution in [-0.4, -0.2) is 34.9 Å². The molecule has 1 N–H and O–H groups in total. The van der Waals surface area contributed by atoms with Crippen LogP contribution in [0.3, 0.4) is 0 Å². The molecule has 0 aromatic heterocycles. The Kier molecular flexibility index (Phi) is 2.43. The Morgan fingerprint density at radius 3 is 3.10 bits per heavy atom. The molecule has 0 bridgehead atoms. The maximum absolute atomic E-state index is 3.31. The SMILES string of the molecule is C1CSN(C2CNSC2)C1. The molecule has 10 heavy (non-hydrogen) atoms. The second kappa shape index (κ2) is 3.34. The monoisotopic (exact) mass is 176 g/mol. The highest BCUT2D eigenvalue weighted by atomic mass is 32.2. The van der Waals surface area contributed by atoms with E-state index in [-0.39, 0.29) is 0 Å². The highest BCUT2D eigenvalue weighted by molar-refractivity contribution is 7.98. The normalized spacial score (nSPS) is 35.4. The molecule has 0 aliphatic carbocycles. The van der Waals surface area contributed by atoms with Crippen molar-refractivity contribution in [2.75, 3.05) is 24.6 Å². The first-order chi connectivity index (χ1) is 4.97. The van der Waals surface area contributed by atoms with E-state index in [9.17, 15) is 0 Å². The summed E-state index contributed by atoms with van der Waals surface area (Å²) in [5.74, 6) is 2.61. The Morgan fingerprint density at radius 2 is 2.50 bits per heavy atom. The Bertz CT molecular complexity index is 94.3. The molecule has 58 valence electrons. The largest absolute Gasteiger partial charge is 0.262 e. The van der Waals surface area contributed by atoms with Crippen molar-refractivity contribution in [3.63, 3.8) is 0 Å². The maximum Gasteiger partial charge on any atom is 0.0439 e. The lowest BCUT2D eigenvalue weighted by Crippen LogP contribution is -2.31. The molecule has 0 saturated carbocycles. The summed E-state index contributed by atoms with van der Waals surface area (Å²) >= 11 is 3.88. The van der Waals surface area contributed by atoms with Crippen LogP contribution in [0.25, 0.3) is 0 Å². The molecule has 0 spiro atoms. The van der Waals surface area contributed by atoms with E-state index in [1.54, 1.807) is 0 Å². The van der Waals surface area contributed by atoms with Crippen molar-refractivity contribution in [1.82, 2.24) is 9.03 Å². The molecule has 2 fully saturated rings. The van der Waals surface area contributed by atoms with Crippen LogP contribution in [0.2, 0.25) is 0 Å². The van der Waals surface area contributed by atoms with Gasteiger partial charge in [-0.05, 0) is 6.42 Å². The second-order valence-electron chi connectivity index (χ2n) is 2.64. The van der Waals surface area contributed by atoms with Crippen molar-refractivity contribution in [3.8, 4) is 0 Å². The minimum atomic E-state index is 0.803. The first-order valence-corrected chi connectivity index (χ1v) is 5.64. The molecule has 2 aliphatic rings. The first kappa shape index (κ1) is 7.28. The fourth-order valence-corrected chi connectivity index (χ4v) is 3.43. The van der Waals surface area contributed by atoms with E-state index in [1.807, 2.05) is 23.9 Å². The van der Waals surface area contributed by atoms with Crippen LogP contribution < -0.4 is 4.72 Å². The topological polar surface area (TPSA) is 15.3 Å². The van der Waals surface area contributed by atoms with Gasteiger partial charge >= 0.3 is 0 Å². The molecule has 0 radical (unpaired) electrons. The van der Waals surface area contributed by atoms with Crippen LogP contribution in [0.15, 0.2) is 0 Å². The number of hydrogen-bond donors (Lipinski definition) is 1. The van der Waals surface area contributed by atoms with Crippen molar-refractivity contribution in [3.05, 3.63) is 0 Å². The molecule has 2 saturated heterocycles. The van der Waals surface area contributed by atoms with Gasteiger partial charge in [0.05, 0.1) is 0 Å². The number of rotatable bonds is 1. The van der Waals surface area contributed by atoms with E-state index in [0.29, 0.717) is 0 Å². The Morgan fingerprint density at radius 1 is 1.50 bits per heavy atom. The van der Waals surface area contributed by atoms with Crippen LogP contribution in [0.4, 0.5) is 0 Å². The number of hydrogen-bond acceptors (Lipinski definition) is 4. The van der Waals surface area contributed by atoms with Gasteiger partial charge < -0.3 is 0 Å².